The maximum absolute atomic E-state index is 12.0. The molecule has 0 bridgehead atoms. The Morgan fingerprint density at radius 3 is 2.96 bits per heavy atom. The van der Waals surface area contributed by atoms with Gasteiger partial charge in [0.1, 0.15) is 5.82 Å². The summed E-state index contributed by atoms with van der Waals surface area (Å²) in [7, 11) is 0. The summed E-state index contributed by atoms with van der Waals surface area (Å²) in [6, 6.07) is 0.533. The lowest BCUT2D eigenvalue weighted by Crippen LogP contribution is -2.27. The second-order valence-corrected chi connectivity index (χ2v) is 7.61. The molecule has 1 aliphatic heterocycles. The van der Waals surface area contributed by atoms with Gasteiger partial charge in [-0.1, -0.05) is 23.5 Å². The Hall–Kier alpha value is -1.48. The quantitative estimate of drug-likeness (QED) is 0.414. The Morgan fingerprint density at radius 1 is 1.46 bits per heavy atom. The van der Waals surface area contributed by atoms with Gasteiger partial charge in [-0.05, 0) is 26.7 Å². The maximum Gasteiger partial charge on any atom is 0.333 e. The predicted molar refractivity (Wildman–Crippen MR) is 92.6 cm³/mol. The SMILES string of the molecule is CCOC(=O)/C=C1\SCC(=O)N1CCSc1nnc(C)n1C1CC1. The Bertz CT molecular complexity index is 670. The van der Waals surface area contributed by atoms with Crippen LogP contribution in [0.25, 0.3) is 0 Å². The van der Waals surface area contributed by atoms with Crippen LogP contribution in [-0.4, -0.2) is 56.2 Å². The first-order valence-electron chi connectivity index (χ1n) is 7.96. The molecule has 0 atom stereocenters. The van der Waals surface area contributed by atoms with E-state index in [2.05, 4.69) is 14.8 Å². The molecule has 9 heteroatoms. The van der Waals surface area contributed by atoms with E-state index in [1.54, 1.807) is 23.6 Å². The highest BCUT2D eigenvalue weighted by molar-refractivity contribution is 8.04. The molecule has 1 aliphatic carbocycles. The molecule has 2 heterocycles. The van der Waals surface area contributed by atoms with Crippen molar-refractivity contribution < 1.29 is 14.3 Å². The zero-order valence-corrected chi connectivity index (χ0v) is 15.4. The number of aromatic nitrogens is 3. The zero-order chi connectivity index (χ0) is 17.1. The highest BCUT2D eigenvalue weighted by atomic mass is 32.2. The van der Waals surface area contributed by atoms with E-state index in [0.29, 0.717) is 35.7 Å². The lowest BCUT2D eigenvalue weighted by atomic mass is 10.5. The number of aryl methyl sites for hydroxylation is 1. The molecule has 2 aliphatic rings. The molecular formula is C15H20N4O3S2. The number of thioether (sulfide) groups is 2. The van der Waals surface area contributed by atoms with Crippen molar-refractivity contribution in [3.63, 3.8) is 0 Å². The predicted octanol–water partition coefficient (Wildman–Crippen LogP) is 1.99. The standard InChI is InChI=1S/C15H20N4O3S2/c1-3-22-14(21)8-13-18(12(20)9-24-13)6-7-23-15-17-16-10(2)19(15)11-4-5-11/h8,11H,3-7,9H2,1-2H3/b13-8-. The number of hydrogen-bond acceptors (Lipinski definition) is 7. The van der Waals surface area contributed by atoms with E-state index in [1.165, 1.54) is 30.7 Å². The van der Waals surface area contributed by atoms with Gasteiger partial charge in [0.2, 0.25) is 5.91 Å². The van der Waals surface area contributed by atoms with Gasteiger partial charge >= 0.3 is 5.97 Å². The van der Waals surface area contributed by atoms with Crippen LogP contribution in [0.3, 0.4) is 0 Å². The highest BCUT2D eigenvalue weighted by Gasteiger charge is 2.30. The second-order valence-electron chi connectivity index (χ2n) is 5.55. The summed E-state index contributed by atoms with van der Waals surface area (Å²) in [6.07, 6.45) is 3.76. The van der Waals surface area contributed by atoms with Crippen LogP contribution in [0.5, 0.6) is 0 Å². The van der Waals surface area contributed by atoms with Gasteiger partial charge in [-0.2, -0.15) is 0 Å². The summed E-state index contributed by atoms with van der Waals surface area (Å²) >= 11 is 2.97. The Labute approximate surface area is 149 Å². The Morgan fingerprint density at radius 2 is 2.25 bits per heavy atom. The second kappa shape index (κ2) is 7.60. The molecule has 24 heavy (non-hydrogen) atoms. The van der Waals surface area contributed by atoms with Gasteiger partial charge in [0.15, 0.2) is 5.16 Å². The molecule has 1 saturated carbocycles. The average molecular weight is 368 g/mol. The first-order valence-corrected chi connectivity index (χ1v) is 9.93. The third-order valence-corrected chi connectivity index (χ3v) is 5.68. The average Bonchev–Trinajstić information content (AvgIpc) is 3.23. The summed E-state index contributed by atoms with van der Waals surface area (Å²) in [5.74, 6) is 1.63. The summed E-state index contributed by atoms with van der Waals surface area (Å²) in [5.41, 5.74) is 0. The third-order valence-electron chi connectivity index (χ3n) is 3.73. The molecule has 1 amide bonds. The number of nitrogens with zero attached hydrogens (tertiary/aromatic N) is 4. The van der Waals surface area contributed by atoms with Crippen molar-refractivity contribution >= 4 is 35.4 Å². The van der Waals surface area contributed by atoms with Crippen molar-refractivity contribution in [2.24, 2.45) is 0 Å². The van der Waals surface area contributed by atoms with E-state index in [9.17, 15) is 9.59 Å². The minimum atomic E-state index is -0.406. The normalized spacial score (nSPS) is 19.3. The summed E-state index contributed by atoms with van der Waals surface area (Å²) in [5, 5.41) is 9.96. The minimum absolute atomic E-state index is 0.0241. The maximum atomic E-state index is 12.0. The van der Waals surface area contributed by atoms with Crippen molar-refractivity contribution in [2.45, 2.75) is 37.9 Å². The number of ether oxygens (including phenoxy) is 1. The zero-order valence-electron chi connectivity index (χ0n) is 13.7. The fourth-order valence-electron chi connectivity index (χ4n) is 2.48. The number of hydrogen-bond donors (Lipinski definition) is 0. The first-order chi connectivity index (χ1) is 11.6. The third kappa shape index (κ3) is 3.94. The largest absolute Gasteiger partial charge is 0.463 e. The Balaban J connectivity index is 1.58. The molecule has 130 valence electrons. The van der Waals surface area contributed by atoms with E-state index in [1.807, 2.05) is 6.92 Å². The summed E-state index contributed by atoms with van der Waals surface area (Å²) < 4.78 is 7.10. The molecule has 0 unspecified atom stereocenters. The van der Waals surface area contributed by atoms with Crippen LogP contribution in [0.1, 0.15) is 31.6 Å². The van der Waals surface area contributed by atoms with Gasteiger partial charge in [0, 0.05) is 18.3 Å². The molecular weight excluding hydrogens is 348 g/mol. The lowest BCUT2D eigenvalue weighted by molar-refractivity contribution is -0.137. The molecule has 0 spiro atoms. The number of esters is 1. The molecule has 2 fully saturated rings. The van der Waals surface area contributed by atoms with Crippen molar-refractivity contribution in [1.82, 2.24) is 19.7 Å². The van der Waals surface area contributed by atoms with Gasteiger partial charge in [-0.25, -0.2) is 4.79 Å². The molecule has 1 saturated heterocycles. The van der Waals surface area contributed by atoms with Crippen LogP contribution in [0.15, 0.2) is 16.3 Å². The van der Waals surface area contributed by atoms with Crippen LogP contribution >= 0.6 is 23.5 Å². The number of amides is 1. The van der Waals surface area contributed by atoms with E-state index in [4.69, 9.17) is 4.74 Å². The monoisotopic (exact) mass is 368 g/mol. The molecule has 0 radical (unpaired) electrons. The van der Waals surface area contributed by atoms with E-state index >= 15 is 0 Å². The topological polar surface area (TPSA) is 77.3 Å². The van der Waals surface area contributed by atoms with Gasteiger partial charge in [-0.15, -0.1) is 10.2 Å². The Kier molecular flexibility index (Phi) is 5.50. The van der Waals surface area contributed by atoms with Crippen LogP contribution in [0.4, 0.5) is 0 Å². The van der Waals surface area contributed by atoms with Gasteiger partial charge in [-0.3, -0.25) is 4.79 Å². The molecule has 1 aromatic rings. The van der Waals surface area contributed by atoms with Crippen LogP contribution in [-0.2, 0) is 14.3 Å². The fraction of sp³-hybridized carbons (Fsp3) is 0.600. The van der Waals surface area contributed by atoms with E-state index in [-0.39, 0.29) is 5.91 Å². The van der Waals surface area contributed by atoms with Crippen LogP contribution < -0.4 is 0 Å². The van der Waals surface area contributed by atoms with Crippen molar-refractivity contribution in [3.05, 3.63) is 16.9 Å². The van der Waals surface area contributed by atoms with Gasteiger partial charge in [0.05, 0.1) is 23.5 Å². The molecule has 1 aromatic heterocycles. The van der Waals surface area contributed by atoms with Crippen molar-refractivity contribution in [3.8, 4) is 0 Å². The van der Waals surface area contributed by atoms with E-state index in [0.717, 1.165) is 11.0 Å². The van der Waals surface area contributed by atoms with E-state index < -0.39 is 5.97 Å². The summed E-state index contributed by atoms with van der Waals surface area (Å²) in [6.45, 7) is 4.59. The van der Waals surface area contributed by atoms with Crippen molar-refractivity contribution in [1.29, 1.82) is 0 Å². The first kappa shape index (κ1) is 17.3. The van der Waals surface area contributed by atoms with Crippen LogP contribution in [0, 0.1) is 6.92 Å². The smallest absolute Gasteiger partial charge is 0.333 e. The van der Waals surface area contributed by atoms with Crippen LogP contribution in [0.2, 0.25) is 0 Å². The van der Waals surface area contributed by atoms with Gasteiger partial charge in [0.25, 0.3) is 0 Å². The number of carbonyl (C=O) groups excluding carboxylic acids is 2. The lowest BCUT2D eigenvalue weighted by Gasteiger charge is -2.16. The molecule has 0 N–H and O–H groups in total. The van der Waals surface area contributed by atoms with Crippen molar-refractivity contribution in [2.75, 3.05) is 24.7 Å². The fourth-order valence-corrected chi connectivity index (χ4v) is 4.41. The number of carbonyl (C=O) groups is 2. The molecule has 0 aromatic carbocycles. The number of rotatable bonds is 7. The minimum Gasteiger partial charge on any atom is -0.463 e. The highest BCUT2D eigenvalue weighted by Crippen LogP contribution is 2.38. The summed E-state index contributed by atoms with van der Waals surface area (Å²) in [4.78, 5) is 25.3. The molecule has 7 nitrogen and oxygen atoms in total. The van der Waals surface area contributed by atoms with Gasteiger partial charge < -0.3 is 14.2 Å². The molecule has 3 rings (SSSR count).